The van der Waals surface area contributed by atoms with Crippen molar-refractivity contribution >= 4 is 29.0 Å². The van der Waals surface area contributed by atoms with Gasteiger partial charge in [0.1, 0.15) is 5.82 Å². The highest BCUT2D eigenvalue weighted by Crippen LogP contribution is 2.25. The van der Waals surface area contributed by atoms with E-state index in [4.69, 9.17) is 0 Å². The summed E-state index contributed by atoms with van der Waals surface area (Å²) in [5, 5.41) is 13.1. The molecule has 0 aromatic heterocycles. The van der Waals surface area contributed by atoms with Crippen molar-refractivity contribution in [3.63, 3.8) is 0 Å². The first-order chi connectivity index (χ1) is 10.5. The van der Waals surface area contributed by atoms with E-state index in [2.05, 4.69) is 5.32 Å². The van der Waals surface area contributed by atoms with Gasteiger partial charge in [-0.1, -0.05) is 19.1 Å². The molecule has 1 N–H and O–H groups in total. The van der Waals surface area contributed by atoms with Crippen molar-refractivity contribution in [3.8, 4) is 0 Å². The normalized spacial score (nSPS) is 10.3. The number of nitrogens with zero attached hydrogens (tertiary/aromatic N) is 1. The van der Waals surface area contributed by atoms with Crippen molar-refractivity contribution < 1.29 is 14.1 Å². The molecule has 0 unspecified atom stereocenters. The Labute approximate surface area is 130 Å². The molecular formula is C15H13FN2O3S. The molecule has 0 heterocycles. The lowest BCUT2D eigenvalue weighted by molar-refractivity contribution is -0.384. The predicted octanol–water partition coefficient (Wildman–Crippen LogP) is 4.10. The highest BCUT2D eigenvalue weighted by atomic mass is 32.2. The molecule has 0 atom stereocenters. The number of anilines is 1. The average Bonchev–Trinajstić information content (AvgIpc) is 2.50. The molecule has 0 saturated carbocycles. The summed E-state index contributed by atoms with van der Waals surface area (Å²) in [4.78, 5) is 23.1. The second kappa shape index (κ2) is 7.04. The number of benzene rings is 2. The van der Waals surface area contributed by atoms with Gasteiger partial charge >= 0.3 is 0 Å². The van der Waals surface area contributed by atoms with Gasteiger partial charge in [-0.05, 0) is 24.0 Å². The van der Waals surface area contributed by atoms with Crippen LogP contribution in [0.5, 0.6) is 0 Å². The highest BCUT2D eigenvalue weighted by Gasteiger charge is 2.16. The third kappa shape index (κ3) is 3.62. The third-order valence-corrected chi connectivity index (χ3v) is 3.80. The first kappa shape index (κ1) is 16.0. The molecule has 114 valence electrons. The van der Waals surface area contributed by atoms with E-state index in [1.165, 1.54) is 11.8 Å². The molecule has 0 bridgehead atoms. The Morgan fingerprint density at radius 1 is 1.32 bits per heavy atom. The number of nitro benzene ring substituents is 1. The van der Waals surface area contributed by atoms with E-state index in [0.717, 1.165) is 28.8 Å². The molecule has 0 aliphatic heterocycles. The zero-order valence-electron chi connectivity index (χ0n) is 11.7. The summed E-state index contributed by atoms with van der Waals surface area (Å²) in [7, 11) is 0. The van der Waals surface area contributed by atoms with Crippen LogP contribution < -0.4 is 5.32 Å². The minimum atomic E-state index is -0.723. The SMILES string of the molecule is CCSc1ccccc1C(=O)Nc1cc([N+](=O)[O-])ccc1F. The monoisotopic (exact) mass is 320 g/mol. The predicted molar refractivity (Wildman–Crippen MR) is 83.8 cm³/mol. The molecule has 7 heteroatoms. The average molecular weight is 320 g/mol. The number of hydrogen-bond donors (Lipinski definition) is 1. The number of nitro groups is 1. The Kier molecular flexibility index (Phi) is 5.11. The standard InChI is InChI=1S/C15H13FN2O3S/c1-2-22-14-6-4-3-5-11(14)15(19)17-13-9-10(18(20)21)7-8-12(13)16/h3-9H,2H2,1H3,(H,17,19). The first-order valence-electron chi connectivity index (χ1n) is 6.50. The Balaban J connectivity index is 2.29. The van der Waals surface area contributed by atoms with Gasteiger partial charge in [0, 0.05) is 17.0 Å². The zero-order valence-corrected chi connectivity index (χ0v) is 12.5. The van der Waals surface area contributed by atoms with Crippen LogP contribution in [-0.2, 0) is 0 Å². The molecule has 0 aliphatic carbocycles. The Morgan fingerprint density at radius 3 is 2.73 bits per heavy atom. The lowest BCUT2D eigenvalue weighted by Gasteiger charge is -2.09. The van der Waals surface area contributed by atoms with Gasteiger partial charge in [0.15, 0.2) is 0 Å². The Hall–Kier alpha value is -2.41. The van der Waals surface area contributed by atoms with Crippen molar-refractivity contribution in [2.24, 2.45) is 0 Å². The summed E-state index contributed by atoms with van der Waals surface area (Å²) >= 11 is 1.49. The summed E-state index contributed by atoms with van der Waals surface area (Å²) in [5.41, 5.74) is -0.0938. The van der Waals surface area contributed by atoms with Gasteiger partial charge in [-0.2, -0.15) is 0 Å². The molecule has 5 nitrogen and oxygen atoms in total. The van der Waals surface area contributed by atoms with Crippen molar-refractivity contribution in [1.29, 1.82) is 0 Å². The highest BCUT2D eigenvalue weighted by molar-refractivity contribution is 7.99. The van der Waals surface area contributed by atoms with E-state index in [-0.39, 0.29) is 11.4 Å². The number of amides is 1. The molecule has 0 fully saturated rings. The smallest absolute Gasteiger partial charge is 0.271 e. The van der Waals surface area contributed by atoms with E-state index in [0.29, 0.717) is 5.56 Å². The first-order valence-corrected chi connectivity index (χ1v) is 7.48. The molecule has 0 saturated heterocycles. The van der Waals surface area contributed by atoms with Gasteiger partial charge < -0.3 is 5.32 Å². The van der Waals surface area contributed by atoms with Crippen molar-refractivity contribution in [1.82, 2.24) is 0 Å². The molecule has 2 aromatic carbocycles. The molecule has 2 rings (SSSR count). The van der Waals surface area contributed by atoms with Crippen LogP contribution in [0.4, 0.5) is 15.8 Å². The van der Waals surface area contributed by atoms with Gasteiger partial charge in [0.2, 0.25) is 0 Å². The number of halogens is 1. The van der Waals surface area contributed by atoms with Crippen molar-refractivity contribution in [2.45, 2.75) is 11.8 Å². The van der Waals surface area contributed by atoms with E-state index >= 15 is 0 Å². The largest absolute Gasteiger partial charge is 0.319 e. The lowest BCUT2D eigenvalue weighted by Crippen LogP contribution is -2.14. The molecule has 1 amide bonds. The second-order valence-electron chi connectivity index (χ2n) is 4.30. The van der Waals surface area contributed by atoms with Crippen LogP contribution in [0.15, 0.2) is 47.4 Å². The number of thioether (sulfide) groups is 1. The summed E-state index contributed by atoms with van der Waals surface area (Å²) < 4.78 is 13.7. The molecular weight excluding hydrogens is 307 g/mol. The van der Waals surface area contributed by atoms with Crippen molar-refractivity contribution in [2.75, 3.05) is 11.1 Å². The molecule has 22 heavy (non-hydrogen) atoms. The van der Waals surface area contributed by atoms with E-state index in [9.17, 15) is 19.3 Å². The van der Waals surface area contributed by atoms with Crippen LogP contribution >= 0.6 is 11.8 Å². The molecule has 0 radical (unpaired) electrons. The maximum Gasteiger partial charge on any atom is 0.271 e. The van der Waals surface area contributed by atoms with Gasteiger partial charge in [-0.15, -0.1) is 11.8 Å². The number of carbonyl (C=O) groups excluding carboxylic acids is 1. The quantitative estimate of drug-likeness (QED) is 0.511. The Bertz CT molecular complexity index is 722. The molecule has 2 aromatic rings. The summed E-state index contributed by atoms with van der Waals surface area (Å²) in [5.74, 6) is -0.439. The number of non-ortho nitro benzene ring substituents is 1. The maximum absolute atomic E-state index is 13.7. The Morgan fingerprint density at radius 2 is 2.05 bits per heavy atom. The minimum Gasteiger partial charge on any atom is -0.319 e. The van der Waals surface area contributed by atoms with Crippen molar-refractivity contribution in [3.05, 3.63) is 64.0 Å². The fourth-order valence-corrected chi connectivity index (χ4v) is 2.65. The topological polar surface area (TPSA) is 72.2 Å². The number of rotatable bonds is 5. The summed E-state index contributed by atoms with van der Waals surface area (Å²) in [6.45, 7) is 1.96. The fraction of sp³-hybridized carbons (Fsp3) is 0.133. The number of hydrogen-bond acceptors (Lipinski definition) is 4. The number of carbonyl (C=O) groups is 1. The van der Waals surface area contributed by atoms with E-state index < -0.39 is 16.6 Å². The van der Waals surface area contributed by atoms with Crippen LogP contribution in [0.25, 0.3) is 0 Å². The van der Waals surface area contributed by atoms with Gasteiger partial charge in [-0.3, -0.25) is 14.9 Å². The molecule has 0 aliphatic rings. The zero-order chi connectivity index (χ0) is 16.1. The lowest BCUT2D eigenvalue weighted by atomic mass is 10.2. The molecule has 0 spiro atoms. The van der Waals surface area contributed by atoms with E-state index in [1.54, 1.807) is 18.2 Å². The van der Waals surface area contributed by atoms with Gasteiger partial charge in [0.05, 0.1) is 16.2 Å². The van der Waals surface area contributed by atoms with Gasteiger partial charge in [0.25, 0.3) is 11.6 Å². The van der Waals surface area contributed by atoms with E-state index in [1.807, 2.05) is 13.0 Å². The summed E-state index contributed by atoms with van der Waals surface area (Å²) in [6, 6.07) is 9.95. The van der Waals surface area contributed by atoms with Crippen LogP contribution in [0.3, 0.4) is 0 Å². The minimum absolute atomic E-state index is 0.212. The number of nitrogens with one attached hydrogen (secondary N) is 1. The maximum atomic E-state index is 13.7. The van der Waals surface area contributed by atoms with Crippen LogP contribution in [-0.4, -0.2) is 16.6 Å². The van der Waals surface area contributed by atoms with Crippen LogP contribution in [0, 0.1) is 15.9 Å². The van der Waals surface area contributed by atoms with Crippen LogP contribution in [0.2, 0.25) is 0 Å². The summed E-state index contributed by atoms with van der Waals surface area (Å²) in [6.07, 6.45) is 0. The third-order valence-electron chi connectivity index (χ3n) is 2.84. The fourth-order valence-electron chi connectivity index (χ4n) is 1.85. The van der Waals surface area contributed by atoms with Gasteiger partial charge in [-0.25, -0.2) is 4.39 Å². The second-order valence-corrected chi connectivity index (χ2v) is 5.61. The van der Waals surface area contributed by atoms with Crippen LogP contribution in [0.1, 0.15) is 17.3 Å².